The number of rotatable bonds is 4. The molecule has 2 aromatic rings. The number of aliphatic hydroxyl groups excluding tert-OH is 1. The molecule has 3 rings (SSSR count). The van der Waals surface area contributed by atoms with E-state index < -0.39 is 5.54 Å². The molecule has 0 saturated heterocycles. The molecule has 0 aliphatic carbocycles. The van der Waals surface area contributed by atoms with E-state index in [1.807, 2.05) is 6.07 Å². The molecule has 0 fully saturated rings. The summed E-state index contributed by atoms with van der Waals surface area (Å²) in [6.07, 6.45) is 0. The molecular weight excluding hydrogens is 273 g/mol. The highest BCUT2D eigenvalue weighted by Crippen LogP contribution is 2.37. The Bertz CT molecular complexity index is 662. The lowest BCUT2D eigenvalue weighted by Crippen LogP contribution is -2.36. The Morgan fingerprint density at radius 3 is 2.71 bits per heavy atom. The van der Waals surface area contributed by atoms with E-state index in [0.29, 0.717) is 17.2 Å². The Hall–Kier alpha value is -2.27. The summed E-state index contributed by atoms with van der Waals surface area (Å²) < 4.78 is 24.4. The maximum atomic E-state index is 13.8. The standard InChI is InChI=1S/C16H16FNO3/c1-16(9-19,18-13-5-3-2-4-12(13)17)11-6-7-14-15(8-11)21-10-20-14/h2-8,18-19H,9-10H2,1H3. The number of hydrogen-bond acceptors (Lipinski definition) is 4. The minimum Gasteiger partial charge on any atom is -0.454 e. The van der Waals surface area contributed by atoms with Crippen molar-refractivity contribution in [2.24, 2.45) is 0 Å². The number of para-hydroxylation sites is 1. The van der Waals surface area contributed by atoms with E-state index in [1.165, 1.54) is 6.07 Å². The highest BCUT2D eigenvalue weighted by atomic mass is 19.1. The first-order valence-electron chi connectivity index (χ1n) is 6.66. The summed E-state index contributed by atoms with van der Waals surface area (Å²) >= 11 is 0. The average molecular weight is 289 g/mol. The zero-order valence-electron chi connectivity index (χ0n) is 11.6. The van der Waals surface area contributed by atoms with Crippen molar-refractivity contribution in [2.75, 3.05) is 18.7 Å². The summed E-state index contributed by atoms with van der Waals surface area (Å²) in [5.41, 5.74) is 0.299. The zero-order valence-corrected chi connectivity index (χ0v) is 11.6. The van der Waals surface area contributed by atoms with Crippen molar-refractivity contribution in [2.45, 2.75) is 12.5 Å². The molecular formula is C16H16FNO3. The number of aliphatic hydroxyl groups is 1. The first-order valence-corrected chi connectivity index (χ1v) is 6.66. The first-order chi connectivity index (χ1) is 10.1. The van der Waals surface area contributed by atoms with Gasteiger partial charge in [-0.05, 0) is 36.8 Å². The Kier molecular flexibility index (Phi) is 3.43. The van der Waals surface area contributed by atoms with Gasteiger partial charge in [-0.15, -0.1) is 0 Å². The number of ether oxygens (including phenoxy) is 2. The number of nitrogens with one attached hydrogen (secondary N) is 1. The molecule has 0 amide bonds. The highest BCUT2D eigenvalue weighted by Gasteiger charge is 2.28. The summed E-state index contributed by atoms with van der Waals surface area (Å²) in [6, 6.07) is 11.8. The van der Waals surface area contributed by atoms with E-state index in [1.54, 1.807) is 37.3 Å². The summed E-state index contributed by atoms with van der Waals surface area (Å²) in [4.78, 5) is 0. The van der Waals surface area contributed by atoms with Crippen LogP contribution >= 0.6 is 0 Å². The molecule has 0 spiro atoms. The molecule has 2 N–H and O–H groups in total. The summed E-state index contributed by atoms with van der Waals surface area (Å²) in [5.74, 6) is 0.936. The van der Waals surface area contributed by atoms with E-state index in [0.717, 1.165) is 5.56 Å². The summed E-state index contributed by atoms with van der Waals surface area (Å²) in [5, 5.41) is 12.8. The van der Waals surface area contributed by atoms with Gasteiger partial charge in [-0.3, -0.25) is 0 Å². The molecule has 1 aliphatic heterocycles. The third-order valence-electron chi connectivity index (χ3n) is 3.61. The second-order valence-electron chi connectivity index (χ2n) is 5.16. The summed E-state index contributed by atoms with van der Waals surface area (Å²) in [6.45, 7) is 1.80. The number of anilines is 1. The SMILES string of the molecule is CC(CO)(Nc1ccccc1F)c1ccc2c(c1)OCO2. The minimum atomic E-state index is -0.830. The van der Waals surface area contributed by atoms with Crippen molar-refractivity contribution in [1.29, 1.82) is 0 Å². The van der Waals surface area contributed by atoms with Crippen LogP contribution in [0.15, 0.2) is 42.5 Å². The third-order valence-corrected chi connectivity index (χ3v) is 3.61. The fraction of sp³-hybridized carbons (Fsp3) is 0.250. The van der Waals surface area contributed by atoms with Crippen molar-refractivity contribution in [3.63, 3.8) is 0 Å². The van der Waals surface area contributed by atoms with Crippen LogP contribution in [0, 0.1) is 5.82 Å². The van der Waals surface area contributed by atoms with Crippen LogP contribution in [0.4, 0.5) is 10.1 Å². The van der Waals surface area contributed by atoms with Crippen LogP contribution in [-0.2, 0) is 5.54 Å². The predicted octanol–water partition coefficient (Wildman–Crippen LogP) is 2.87. The Morgan fingerprint density at radius 2 is 1.95 bits per heavy atom. The molecule has 0 saturated carbocycles. The second kappa shape index (κ2) is 5.26. The van der Waals surface area contributed by atoms with Crippen LogP contribution in [0.3, 0.4) is 0 Å². The zero-order chi connectivity index (χ0) is 14.9. The van der Waals surface area contributed by atoms with Gasteiger partial charge in [-0.1, -0.05) is 18.2 Å². The van der Waals surface area contributed by atoms with E-state index in [4.69, 9.17) is 9.47 Å². The molecule has 21 heavy (non-hydrogen) atoms. The van der Waals surface area contributed by atoms with Crippen molar-refractivity contribution >= 4 is 5.69 Å². The van der Waals surface area contributed by atoms with Gasteiger partial charge in [0.2, 0.25) is 6.79 Å². The Balaban J connectivity index is 1.94. The van der Waals surface area contributed by atoms with E-state index >= 15 is 0 Å². The predicted molar refractivity (Wildman–Crippen MR) is 77.0 cm³/mol. The molecule has 5 heteroatoms. The van der Waals surface area contributed by atoms with E-state index in [9.17, 15) is 9.50 Å². The van der Waals surface area contributed by atoms with Gasteiger partial charge < -0.3 is 19.9 Å². The van der Waals surface area contributed by atoms with Crippen LogP contribution in [0.5, 0.6) is 11.5 Å². The number of fused-ring (bicyclic) bond motifs is 1. The van der Waals surface area contributed by atoms with Gasteiger partial charge in [0.15, 0.2) is 11.5 Å². The van der Waals surface area contributed by atoms with Gasteiger partial charge in [0, 0.05) is 0 Å². The molecule has 1 atom stereocenters. The smallest absolute Gasteiger partial charge is 0.231 e. The van der Waals surface area contributed by atoms with Gasteiger partial charge in [0.05, 0.1) is 17.8 Å². The van der Waals surface area contributed by atoms with Gasteiger partial charge in [-0.2, -0.15) is 0 Å². The van der Waals surface area contributed by atoms with Gasteiger partial charge in [0.25, 0.3) is 0 Å². The quantitative estimate of drug-likeness (QED) is 0.908. The molecule has 1 aliphatic rings. The second-order valence-corrected chi connectivity index (χ2v) is 5.16. The molecule has 1 heterocycles. The first kappa shape index (κ1) is 13.7. The van der Waals surface area contributed by atoms with Crippen LogP contribution in [-0.4, -0.2) is 18.5 Å². The molecule has 2 aromatic carbocycles. The topological polar surface area (TPSA) is 50.7 Å². The fourth-order valence-corrected chi connectivity index (χ4v) is 2.30. The lowest BCUT2D eigenvalue weighted by molar-refractivity contribution is 0.173. The van der Waals surface area contributed by atoms with Crippen molar-refractivity contribution in [1.82, 2.24) is 0 Å². The molecule has 0 bridgehead atoms. The number of benzene rings is 2. The Labute approximate surface area is 122 Å². The van der Waals surface area contributed by atoms with Crippen LogP contribution in [0.1, 0.15) is 12.5 Å². The monoisotopic (exact) mass is 289 g/mol. The van der Waals surface area contributed by atoms with Crippen LogP contribution in [0.25, 0.3) is 0 Å². The van der Waals surface area contributed by atoms with Crippen LogP contribution in [0.2, 0.25) is 0 Å². The van der Waals surface area contributed by atoms with Crippen molar-refractivity contribution < 1.29 is 19.0 Å². The van der Waals surface area contributed by atoms with Crippen molar-refractivity contribution in [3.8, 4) is 11.5 Å². The minimum absolute atomic E-state index is 0.190. The molecule has 0 radical (unpaired) electrons. The molecule has 1 unspecified atom stereocenters. The normalized spacial score (nSPS) is 15.6. The largest absolute Gasteiger partial charge is 0.454 e. The highest BCUT2D eigenvalue weighted by molar-refractivity contribution is 5.52. The van der Waals surface area contributed by atoms with E-state index in [2.05, 4.69) is 5.32 Å². The van der Waals surface area contributed by atoms with E-state index in [-0.39, 0.29) is 19.2 Å². The van der Waals surface area contributed by atoms with Crippen LogP contribution < -0.4 is 14.8 Å². The fourth-order valence-electron chi connectivity index (χ4n) is 2.30. The lowest BCUT2D eigenvalue weighted by Gasteiger charge is -2.30. The molecule has 0 aromatic heterocycles. The van der Waals surface area contributed by atoms with Crippen molar-refractivity contribution in [3.05, 3.63) is 53.8 Å². The average Bonchev–Trinajstić information content (AvgIpc) is 2.97. The molecule has 110 valence electrons. The number of halogens is 1. The third kappa shape index (κ3) is 2.52. The Morgan fingerprint density at radius 1 is 1.19 bits per heavy atom. The van der Waals surface area contributed by atoms with Gasteiger partial charge in [-0.25, -0.2) is 4.39 Å². The maximum Gasteiger partial charge on any atom is 0.231 e. The maximum absolute atomic E-state index is 13.8. The lowest BCUT2D eigenvalue weighted by atomic mass is 9.92. The molecule has 4 nitrogen and oxygen atoms in total. The summed E-state index contributed by atoms with van der Waals surface area (Å²) in [7, 11) is 0. The van der Waals surface area contributed by atoms with Gasteiger partial charge >= 0.3 is 0 Å². The van der Waals surface area contributed by atoms with Gasteiger partial charge in [0.1, 0.15) is 5.82 Å². The number of hydrogen-bond donors (Lipinski definition) is 2.